The van der Waals surface area contributed by atoms with E-state index >= 15 is 0 Å². The van der Waals surface area contributed by atoms with E-state index in [9.17, 15) is 19.2 Å². The standard InChI is InChI=1S/C31H29BrN2O7S2/c1-3-40-30(37)26-20-11-7-8-12-23(20)42-28(26)33-25(35)16-34-29(36)24(43-31(34)38)15-19-13-21(32)27(22(14-19)39-2)41-17-18-9-5-4-6-10-18/h4-6,9-10,13-15H,3,7-8,11-12,16-17H2,1-2H3,(H,33,35)/b24-15+. The molecule has 224 valence electrons. The first kappa shape index (κ1) is 30.8. The molecular formula is C31H29BrN2O7S2. The number of carbonyl (C=O) groups excluding carboxylic acids is 4. The van der Waals surface area contributed by atoms with E-state index in [2.05, 4.69) is 21.2 Å². The Labute approximate surface area is 265 Å². The highest BCUT2D eigenvalue weighted by Crippen LogP contribution is 2.41. The van der Waals surface area contributed by atoms with Crippen LogP contribution < -0.4 is 14.8 Å². The minimum atomic E-state index is -0.583. The lowest BCUT2D eigenvalue weighted by molar-refractivity contribution is -0.127. The summed E-state index contributed by atoms with van der Waals surface area (Å²) in [5.41, 5.74) is 2.89. The molecule has 1 saturated heterocycles. The summed E-state index contributed by atoms with van der Waals surface area (Å²) in [5, 5.41) is 2.59. The van der Waals surface area contributed by atoms with Crippen molar-refractivity contribution >= 4 is 73.1 Å². The average Bonchev–Trinajstić information content (AvgIpc) is 3.48. The zero-order valence-electron chi connectivity index (χ0n) is 23.6. The Kier molecular flexibility index (Phi) is 9.89. The molecule has 1 N–H and O–H groups in total. The summed E-state index contributed by atoms with van der Waals surface area (Å²) in [4.78, 5) is 53.8. The third-order valence-electron chi connectivity index (χ3n) is 6.85. The molecule has 3 aromatic rings. The van der Waals surface area contributed by atoms with Crippen LogP contribution in [0.4, 0.5) is 9.80 Å². The van der Waals surface area contributed by atoms with Gasteiger partial charge in [0.15, 0.2) is 11.5 Å². The monoisotopic (exact) mass is 684 g/mol. The summed E-state index contributed by atoms with van der Waals surface area (Å²) in [5.74, 6) is -0.681. The second-order valence-electron chi connectivity index (χ2n) is 9.76. The van der Waals surface area contributed by atoms with E-state index in [1.165, 1.54) is 18.4 Å². The van der Waals surface area contributed by atoms with Gasteiger partial charge in [-0.25, -0.2) is 4.79 Å². The van der Waals surface area contributed by atoms with Crippen LogP contribution in [0.3, 0.4) is 0 Å². The van der Waals surface area contributed by atoms with E-state index in [0.29, 0.717) is 38.7 Å². The average molecular weight is 686 g/mol. The van der Waals surface area contributed by atoms with E-state index in [1.54, 1.807) is 25.1 Å². The normalized spacial score (nSPS) is 15.4. The molecule has 0 bridgehead atoms. The quantitative estimate of drug-likeness (QED) is 0.183. The van der Waals surface area contributed by atoms with Gasteiger partial charge >= 0.3 is 5.97 Å². The first-order valence-electron chi connectivity index (χ1n) is 13.7. The molecular weight excluding hydrogens is 656 g/mol. The van der Waals surface area contributed by atoms with E-state index in [0.717, 1.165) is 58.3 Å². The number of amides is 3. The van der Waals surface area contributed by atoms with Crippen molar-refractivity contribution in [3.63, 3.8) is 0 Å². The number of thioether (sulfide) groups is 1. The number of nitrogens with zero attached hydrogens (tertiary/aromatic N) is 1. The number of fused-ring (bicyclic) bond motifs is 1. The van der Waals surface area contributed by atoms with Crippen LogP contribution in [-0.2, 0) is 33.8 Å². The molecule has 12 heteroatoms. The molecule has 0 unspecified atom stereocenters. The minimum absolute atomic E-state index is 0.170. The van der Waals surface area contributed by atoms with Gasteiger partial charge in [-0.1, -0.05) is 30.3 Å². The molecule has 0 spiro atoms. The molecule has 9 nitrogen and oxygen atoms in total. The third-order valence-corrected chi connectivity index (χ3v) is 9.56. The van der Waals surface area contributed by atoms with E-state index < -0.39 is 29.6 Å². The fourth-order valence-electron chi connectivity index (χ4n) is 4.86. The van der Waals surface area contributed by atoms with Gasteiger partial charge in [-0.2, -0.15) is 0 Å². The Balaban J connectivity index is 1.29. The van der Waals surface area contributed by atoms with Crippen molar-refractivity contribution in [3.8, 4) is 11.5 Å². The van der Waals surface area contributed by atoms with Crippen LogP contribution in [0, 0.1) is 0 Å². The molecule has 1 aliphatic heterocycles. The SMILES string of the molecule is CCOC(=O)c1c(NC(=O)CN2C(=O)S/C(=C/c3cc(Br)c(OCc4ccccc4)c(OC)c3)C2=O)sc2c1CCCC2. The number of imide groups is 1. The summed E-state index contributed by atoms with van der Waals surface area (Å²) in [6, 6.07) is 13.2. The van der Waals surface area contributed by atoms with Crippen molar-refractivity contribution in [3.05, 3.63) is 79.0 Å². The second-order valence-corrected chi connectivity index (χ2v) is 12.7. The predicted octanol–water partition coefficient (Wildman–Crippen LogP) is 6.83. The van der Waals surface area contributed by atoms with E-state index in [-0.39, 0.29) is 11.5 Å². The van der Waals surface area contributed by atoms with Gasteiger partial charge in [0, 0.05) is 4.88 Å². The van der Waals surface area contributed by atoms with Crippen LogP contribution in [-0.4, -0.2) is 48.2 Å². The molecule has 1 aromatic heterocycles. The molecule has 2 aliphatic rings. The highest BCUT2D eigenvalue weighted by atomic mass is 79.9. The topological polar surface area (TPSA) is 111 Å². The zero-order valence-corrected chi connectivity index (χ0v) is 26.8. The molecule has 0 atom stereocenters. The van der Waals surface area contributed by atoms with E-state index in [4.69, 9.17) is 14.2 Å². The molecule has 0 saturated carbocycles. The lowest BCUT2D eigenvalue weighted by Crippen LogP contribution is -2.36. The number of halogens is 1. The number of hydrogen-bond donors (Lipinski definition) is 1. The van der Waals surface area contributed by atoms with Gasteiger partial charge in [-0.15, -0.1) is 11.3 Å². The van der Waals surface area contributed by atoms with Crippen LogP contribution in [0.2, 0.25) is 0 Å². The lowest BCUT2D eigenvalue weighted by Gasteiger charge is -2.14. The number of hydrogen-bond acceptors (Lipinski definition) is 9. The van der Waals surface area contributed by atoms with Crippen LogP contribution in [0.25, 0.3) is 6.08 Å². The van der Waals surface area contributed by atoms with Crippen molar-refractivity contribution < 1.29 is 33.4 Å². The van der Waals surface area contributed by atoms with Crippen molar-refractivity contribution in [1.82, 2.24) is 4.90 Å². The van der Waals surface area contributed by atoms with Gasteiger partial charge < -0.3 is 19.5 Å². The molecule has 3 amide bonds. The molecule has 0 radical (unpaired) electrons. The zero-order chi connectivity index (χ0) is 30.5. The van der Waals surface area contributed by atoms with Gasteiger partial charge in [0.2, 0.25) is 5.91 Å². The number of carbonyl (C=O) groups is 4. The maximum absolute atomic E-state index is 13.2. The summed E-state index contributed by atoms with van der Waals surface area (Å²) >= 11 is 5.63. The van der Waals surface area contributed by atoms with Crippen LogP contribution in [0.15, 0.2) is 51.8 Å². The van der Waals surface area contributed by atoms with Crippen LogP contribution in [0.5, 0.6) is 11.5 Å². The fourth-order valence-corrected chi connectivity index (χ4v) is 7.57. The number of esters is 1. The largest absolute Gasteiger partial charge is 0.493 e. The Morgan fingerprint density at radius 1 is 1.12 bits per heavy atom. The van der Waals surface area contributed by atoms with Crippen molar-refractivity contribution in [2.45, 2.75) is 39.2 Å². The Morgan fingerprint density at radius 3 is 2.63 bits per heavy atom. The Bertz CT molecular complexity index is 1600. The number of ether oxygens (including phenoxy) is 3. The third kappa shape index (κ3) is 6.97. The first-order chi connectivity index (χ1) is 20.8. The van der Waals surface area contributed by atoms with Crippen molar-refractivity contribution in [1.29, 1.82) is 0 Å². The maximum Gasteiger partial charge on any atom is 0.341 e. The number of methoxy groups -OCH3 is 1. The fraction of sp³-hybridized carbons (Fsp3) is 0.290. The smallest absolute Gasteiger partial charge is 0.341 e. The Morgan fingerprint density at radius 2 is 1.88 bits per heavy atom. The van der Waals surface area contributed by atoms with Crippen LogP contribution >= 0.6 is 39.0 Å². The lowest BCUT2D eigenvalue weighted by atomic mass is 9.95. The molecule has 5 rings (SSSR count). The molecule has 2 heterocycles. The van der Waals surface area contributed by atoms with Crippen molar-refractivity contribution in [2.24, 2.45) is 0 Å². The number of nitrogens with one attached hydrogen (secondary N) is 1. The number of anilines is 1. The highest BCUT2D eigenvalue weighted by molar-refractivity contribution is 9.10. The van der Waals surface area contributed by atoms with Crippen molar-refractivity contribution in [2.75, 3.05) is 25.6 Å². The number of benzene rings is 2. The minimum Gasteiger partial charge on any atom is -0.493 e. The molecule has 2 aromatic carbocycles. The molecule has 1 aliphatic carbocycles. The van der Waals surface area contributed by atoms with Gasteiger partial charge in [-0.3, -0.25) is 19.3 Å². The van der Waals surface area contributed by atoms with Gasteiger partial charge in [0.05, 0.1) is 28.7 Å². The van der Waals surface area contributed by atoms with Gasteiger partial charge in [0.25, 0.3) is 11.1 Å². The summed E-state index contributed by atoms with van der Waals surface area (Å²) in [7, 11) is 1.52. The predicted molar refractivity (Wildman–Crippen MR) is 170 cm³/mol. The van der Waals surface area contributed by atoms with Gasteiger partial charge in [-0.05, 0) is 95.2 Å². The number of aryl methyl sites for hydroxylation is 1. The summed E-state index contributed by atoms with van der Waals surface area (Å²) in [6.45, 7) is 1.80. The number of thiophene rings is 1. The highest BCUT2D eigenvalue weighted by Gasteiger charge is 2.37. The van der Waals surface area contributed by atoms with Crippen LogP contribution in [0.1, 0.15) is 51.7 Å². The second kappa shape index (κ2) is 13.8. The first-order valence-corrected chi connectivity index (χ1v) is 16.1. The Hall–Kier alpha value is -3.61. The van der Waals surface area contributed by atoms with E-state index in [1.807, 2.05) is 30.3 Å². The molecule has 43 heavy (non-hydrogen) atoms. The summed E-state index contributed by atoms with van der Waals surface area (Å²) < 4.78 is 17.4. The number of rotatable bonds is 10. The molecule has 1 fully saturated rings. The van der Waals surface area contributed by atoms with Gasteiger partial charge in [0.1, 0.15) is 18.2 Å². The maximum atomic E-state index is 13.2. The summed E-state index contributed by atoms with van der Waals surface area (Å²) in [6.07, 6.45) is 5.11.